The Balaban J connectivity index is 0.878. The zero-order valence-electron chi connectivity index (χ0n) is 26.0. The molecule has 1 spiro atoms. The van der Waals surface area contributed by atoms with Crippen molar-refractivity contribution in [1.82, 2.24) is 25.1 Å². The molecule has 2 aliphatic rings. The van der Waals surface area contributed by atoms with Gasteiger partial charge < -0.3 is 25.0 Å². The van der Waals surface area contributed by atoms with Gasteiger partial charge in [0.05, 0.1) is 38.7 Å². The first-order valence-corrected chi connectivity index (χ1v) is 18.3. The van der Waals surface area contributed by atoms with Crippen LogP contribution < -0.4 is 10.2 Å². The van der Waals surface area contributed by atoms with E-state index >= 15 is 0 Å². The maximum atomic E-state index is 13.4. The molecule has 2 aromatic carbocycles. The van der Waals surface area contributed by atoms with Crippen molar-refractivity contribution in [1.29, 1.82) is 0 Å². The van der Waals surface area contributed by atoms with Crippen molar-refractivity contribution in [3.05, 3.63) is 82.9 Å². The summed E-state index contributed by atoms with van der Waals surface area (Å²) in [6.07, 6.45) is 2.60. The number of aromatic hydroxyl groups is 1. The molecule has 0 saturated carbocycles. The Kier molecular flexibility index (Phi) is 9.22. The highest BCUT2D eigenvalue weighted by atomic mass is 32.1. The van der Waals surface area contributed by atoms with Gasteiger partial charge in [-0.05, 0) is 74.0 Å². The maximum Gasteiger partial charge on any atom is 0.305 e. The number of fused-ring (bicyclic) bond motifs is 2. The van der Waals surface area contributed by atoms with Crippen molar-refractivity contribution in [2.45, 2.75) is 44.4 Å². The lowest BCUT2D eigenvalue weighted by molar-refractivity contribution is -0.127. The highest BCUT2D eigenvalue weighted by Crippen LogP contribution is 2.34. The number of hydrogen-bond donors (Lipinski definition) is 3. The van der Waals surface area contributed by atoms with Crippen LogP contribution in [0.3, 0.4) is 0 Å². The predicted octanol–water partition coefficient (Wildman–Crippen LogP) is 5.42. The molecule has 0 aliphatic carbocycles. The van der Waals surface area contributed by atoms with E-state index in [1.165, 1.54) is 16.5 Å². The van der Waals surface area contributed by atoms with Crippen LogP contribution in [0.1, 0.15) is 50.3 Å². The summed E-state index contributed by atoms with van der Waals surface area (Å²) in [4.78, 5) is 49.6. The maximum absolute atomic E-state index is 13.4. The average Bonchev–Trinajstić information content (AvgIpc) is 3.80. The first-order valence-electron chi connectivity index (χ1n) is 15.8. The van der Waals surface area contributed by atoms with E-state index in [-0.39, 0.29) is 22.1 Å². The predicted molar refractivity (Wildman–Crippen MR) is 187 cm³/mol. The third-order valence-corrected chi connectivity index (χ3v) is 12.0. The first kappa shape index (κ1) is 32.0. The minimum atomic E-state index is -0.666. The number of aromatic nitrogens is 2. The number of aryl methyl sites for hydroxylation is 1. The van der Waals surface area contributed by atoms with Gasteiger partial charge in [0.2, 0.25) is 0 Å². The Bertz CT molecular complexity index is 1970. The van der Waals surface area contributed by atoms with Crippen LogP contribution in [0.25, 0.3) is 20.4 Å². The molecule has 14 heteroatoms. The summed E-state index contributed by atoms with van der Waals surface area (Å²) >= 11 is 4.38. The molecule has 3 N–H and O–H groups in total. The molecule has 7 rings (SSSR count). The Hall–Kier alpha value is -3.53. The molecule has 246 valence electrons. The number of carbonyl (C=O) groups excluding carboxylic acids is 1. The van der Waals surface area contributed by atoms with Crippen LogP contribution in [0, 0.1) is 11.8 Å². The molecule has 2 aliphatic heterocycles. The molecule has 5 heterocycles. The van der Waals surface area contributed by atoms with Crippen molar-refractivity contribution in [2.75, 3.05) is 45.9 Å². The number of thiazole rings is 2. The third-order valence-electron chi connectivity index (χ3n) is 9.13. The topological polar surface area (TPSA) is 140 Å². The molecule has 1 atom stereocenters. The van der Waals surface area contributed by atoms with E-state index in [0.29, 0.717) is 54.1 Å². The average molecular weight is 693 g/mol. The van der Waals surface area contributed by atoms with Crippen LogP contribution in [-0.4, -0.2) is 82.3 Å². The number of thiophene rings is 1. The van der Waals surface area contributed by atoms with Crippen LogP contribution in [0.15, 0.2) is 51.7 Å². The molecule has 11 nitrogen and oxygen atoms in total. The summed E-state index contributed by atoms with van der Waals surface area (Å²) in [6.45, 7) is 7.52. The Morgan fingerprint density at radius 3 is 2.87 bits per heavy atom. The molecule has 1 amide bonds. The monoisotopic (exact) mass is 692 g/mol. The van der Waals surface area contributed by atoms with Crippen LogP contribution in [0.4, 0.5) is 0 Å². The van der Waals surface area contributed by atoms with Gasteiger partial charge in [-0.25, -0.2) is 4.98 Å². The fourth-order valence-electron chi connectivity index (χ4n) is 6.64. The second-order valence-corrected chi connectivity index (χ2v) is 15.6. The van der Waals surface area contributed by atoms with Crippen LogP contribution in [-0.2, 0) is 17.7 Å². The first-order chi connectivity index (χ1) is 22.8. The zero-order chi connectivity index (χ0) is 32.5. The van der Waals surface area contributed by atoms with Gasteiger partial charge in [-0.15, -0.1) is 22.7 Å². The lowest BCUT2D eigenvalue weighted by Gasteiger charge is -2.47. The normalized spacial score (nSPS) is 17.5. The minimum absolute atomic E-state index is 0.0192. The van der Waals surface area contributed by atoms with Gasteiger partial charge in [0.25, 0.3) is 5.91 Å². The number of likely N-dealkylation sites (tertiary alicyclic amines) is 1. The van der Waals surface area contributed by atoms with Crippen molar-refractivity contribution in [2.24, 2.45) is 5.18 Å². The van der Waals surface area contributed by atoms with Crippen molar-refractivity contribution in [3.8, 4) is 5.75 Å². The van der Waals surface area contributed by atoms with E-state index in [1.807, 2.05) is 30.0 Å². The molecular weight excluding hydrogens is 657 g/mol. The van der Waals surface area contributed by atoms with Gasteiger partial charge in [-0.3, -0.25) is 14.5 Å². The largest absolute Gasteiger partial charge is 0.506 e. The van der Waals surface area contributed by atoms with Crippen LogP contribution in [0.5, 0.6) is 5.75 Å². The summed E-state index contributed by atoms with van der Waals surface area (Å²) in [5, 5.41) is 19.9. The fourth-order valence-corrected chi connectivity index (χ4v) is 9.33. The summed E-state index contributed by atoms with van der Waals surface area (Å²) < 4.78 is 8.01. The number of aromatic amines is 1. The number of phenolic OH excluding ortho intramolecular Hbond substituents is 1. The molecule has 0 radical (unpaired) electrons. The highest BCUT2D eigenvalue weighted by Gasteiger charge is 2.41. The lowest BCUT2D eigenvalue weighted by atomic mass is 9.89. The number of hydrogen-bond acceptors (Lipinski definition) is 12. The van der Waals surface area contributed by atoms with Gasteiger partial charge in [0.1, 0.15) is 17.3 Å². The van der Waals surface area contributed by atoms with Crippen LogP contribution >= 0.6 is 34.0 Å². The number of rotatable bonds is 10. The minimum Gasteiger partial charge on any atom is -0.506 e. The molecule has 1 unspecified atom stereocenters. The molecule has 5 aromatic rings. The number of morpholine rings is 1. The van der Waals surface area contributed by atoms with Gasteiger partial charge >= 0.3 is 4.87 Å². The van der Waals surface area contributed by atoms with Gasteiger partial charge in [0, 0.05) is 48.7 Å². The quantitative estimate of drug-likeness (QED) is 0.130. The molecule has 2 saturated heterocycles. The smallest absolute Gasteiger partial charge is 0.305 e. The van der Waals surface area contributed by atoms with Crippen LogP contribution in [0.2, 0.25) is 0 Å². The fraction of sp³-hybridized carbons (Fsp3) is 0.424. The highest BCUT2D eigenvalue weighted by molar-refractivity contribution is 7.18. The number of nitrogens with zero attached hydrogens (tertiary/aromatic N) is 4. The SMILES string of the molecule is Cc1nc2cc(C(=O)N3CCOC4(CCN(Cc5cc(CCNCC(N=O)c6ccc(O)c7[nH]c(=O)sc67)cs5)CC4)C3)ccc2s1. The standard InChI is InChI=1S/C33H36N6O5S3/c1-20-35-25-15-22(2-5-28(25)46-20)31(41)39-12-13-44-33(19-39)7-10-38(11-8-33)17-23-14-21(18-45-23)6-9-34-16-26(37-43)24-3-4-27(40)29-30(24)47-32(42)36-29/h2-5,14-15,18,26,34,40H,6-13,16-17,19H2,1H3,(H,36,42). The van der Waals surface area contributed by atoms with E-state index in [1.54, 1.807) is 28.7 Å². The number of H-pyrrole nitrogens is 1. The van der Waals surface area contributed by atoms with E-state index in [4.69, 9.17) is 4.74 Å². The number of carbonyl (C=O) groups is 1. The number of phenols is 1. The van der Waals surface area contributed by atoms with E-state index < -0.39 is 6.04 Å². The number of amides is 1. The summed E-state index contributed by atoms with van der Waals surface area (Å²) in [5.41, 5.74) is 3.50. The van der Waals surface area contributed by atoms with Gasteiger partial charge in [-0.2, -0.15) is 4.91 Å². The number of nitrogens with one attached hydrogen (secondary N) is 2. The second-order valence-electron chi connectivity index (χ2n) is 12.3. The van der Waals surface area contributed by atoms with Gasteiger partial charge in [0.15, 0.2) is 0 Å². The Morgan fingerprint density at radius 2 is 2.04 bits per heavy atom. The van der Waals surface area contributed by atoms with E-state index in [9.17, 15) is 19.6 Å². The van der Waals surface area contributed by atoms with Crippen molar-refractivity contribution < 1.29 is 14.6 Å². The summed E-state index contributed by atoms with van der Waals surface area (Å²) in [7, 11) is 0. The summed E-state index contributed by atoms with van der Waals surface area (Å²) in [6, 6.07) is 10.6. The molecule has 3 aromatic heterocycles. The van der Waals surface area contributed by atoms with E-state index in [2.05, 4.69) is 36.8 Å². The summed E-state index contributed by atoms with van der Waals surface area (Å²) in [5.74, 6) is 0.0344. The number of benzene rings is 2. The third kappa shape index (κ3) is 6.89. The second kappa shape index (κ2) is 13.5. The molecular formula is C33H36N6O5S3. The van der Waals surface area contributed by atoms with E-state index in [0.717, 1.165) is 65.5 Å². The number of piperidine rings is 1. The van der Waals surface area contributed by atoms with Crippen molar-refractivity contribution >= 4 is 60.4 Å². The number of nitroso groups, excluding NO2 is 1. The van der Waals surface area contributed by atoms with Crippen molar-refractivity contribution in [3.63, 3.8) is 0 Å². The molecule has 0 bridgehead atoms. The van der Waals surface area contributed by atoms with Gasteiger partial charge in [-0.1, -0.05) is 22.6 Å². The number of ether oxygens (including phenoxy) is 1. The molecule has 2 fully saturated rings. The Labute approximate surface area is 283 Å². The lowest BCUT2D eigenvalue weighted by Crippen LogP contribution is -2.57. The zero-order valence-corrected chi connectivity index (χ0v) is 28.4. The Morgan fingerprint density at radius 1 is 1.19 bits per heavy atom. The molecule has 47 heavy (non-hydrogen) atoms.